The van der Waals surface area contributed by atoms with Gasteiger partial charge in [0, 0.05) is 28.6 Å². The van der Waals surface area contributed by atoms with E-state index in [2.05, 4.69) is 136 Å². The molecule has 242 valence electrons. The van der Waals surface area contributed by atoms with Crippen LogP contribution in [0, 0.1) is 0 Å². The summed E-state index contributed by atoms with van der Waals surface area (Å²) in [6.07, 6.45) is 1.75. The van der Waals surface area contributed by atoms with Gasteiger partial charge in [-0.15, -0.1) is 0 Å². The summed E-state index contributed by atoms with van der Waals surface area (Å²) in [5.41, 5.74) is 12.3. The Morgan fingerprint density at radius 1 is 0.673 bits per heavy atom. The molecule has 1 aromatic heterocycles. The van der Waals surface area contributed by atoms with Crippen LogP contribution in [0.1, 0.15) is 57.2 Å². The molecule has 1 N–H and O–H groups in total. The smallest absolute Gasteiger partial charge is 0.147 e. The number of hydrogen-bond donors (Lipinski definition) is 1. The van der Waals surface area contributed by atoms with Crippen molar-refractivity contribution in [3.8, 4) is 45.1 Å². The first-order chi connectivity index (χ1) is 23.7. The monoisotopic (exact) mass is 639 g/mol. The molecule has 0 aliphatic heterocycles. The predicted molar refractivity (Wildman–Crippen MR) is 206 cm³/mol. The number of para-hydroxylation sites is 3. The van der Waals surface area contributed by atoms with E-state index in [0.29, 0.717) is 11.5 Å². The second kappa shape index (κ2) is 13.0. The first kappa shape index (κ1) is 31.8. The average molecular weight is 640 g/mol. The van der Waals surface area contributed by atoms with Crippen molar-refractivity contribution in [2.75, 3.05) is 0 Å². The second-order valence-corrected chi connectivity index (χ2v) is 13.9. The van der Waals surface area contributed by atoms with Gasteiger partial charge in [0.2, 0.25) is 0 Å². The Morgan fingerprint density at radius 2 is 1.37 bits per heavy atom. The number of aliphatic imine (C=N–C) groups is 1. The molecule has 1 heterocycles. The van der Waals surface area contributed by atoms with Gasteiger partial charge in [-0.25, -0.2) is 4.98 Å². The van der Waals surface area contributed by atoms with Crippen LogP contribution in [-0.4, -0.2) is 20.9 Å². The fourth-order valence-corrected chi connectivity index (χ4v) is 6.32. The zero-order valence-electron chi connectivity index (χ0n) is 28.7. The summed E-state index contributed by atoms with van der Waals surface area (Å²) in [5, 5.41) is 10.7. The third kappa shape index (κ3) is 6.42. The van der Waals surface area contributed by atoms with E-state index < -0.39 is 0 Å². The zero-order valence-corrected chi connectivity index (χ0v) is 28.7. The summed E-state index contributed by atoms with van der Waals surface area (Å²) in [5.74, 6) is 1.50. The fourth-order valence-electron chi connectivity index (χ4n) is 6.32. The van der Waals surface area contributed by atoms with E-state index in [4.69, 9.17) is 9.98 Å². The molecule has 0 saturated heterocycles. The molecule has 0 unspecified atom stereocenters. The van der Waals surface area contributed by atoms with E-state index in [0.717, 1.165) is 50.5 Å². The molecule has 0 radical (unpaired) electrons. The Labute approximate surface area is 289 Å². The van der Waals surface area contributed by atoms with Crippen LogP contribution >= 0.6 is 0 Å². The number of phenolic OH excluding ortho intramolecular Hbond substituents is 1. The third-order valence-corrected chi connectivity index (χ3v) is 9.17. The minimum absolute atomic E-state index is 0.0512. The number of aromatic hydroxyl groups is 1. The lowest BCUT2D eigenvalue weighted by molar-refractivity contribution is 0.473. The molecule has 4 heteroatoms. The van der Waals surface area contributed by atoms with Gasteiger partial charge in [-0.3, -0.25) is 9.56 Å². The lowest BCUT2D eigenvalue weighted by Gasteiger charge is -2.19. The molecule has 7 rings (SSSR count). The van der Waals surface area contributed by atoms with E-state index in [9.17, 15) is 5.11 Å². The predicted octanol–water partition coefficient (Wildman–Crippen LogP) is 11.9. The fraction of sp³-hybridized carbons (Fsp3) is 0.156. The van der Waals surface area contributed by atoms with Gasteiger partial charge in [0.05, 0.1) is 16.7 Å². The summed E-state index contributed by atoms with van der Waals surface area (Å²) in [7, 11) is 0. The van der Waals surface area contributed by atoms with Crippen molar-refractivity contribution in [2.24, 2.45) is 4.99 Å². The van der Waals surface area contributed by atoms with Gasteiger partial charge in [0.1, 0.15) is 11.6 Å². The number of hydrogen-bond acceptors (Lipinski definition) is 3. The summed E-state index contributed by atoms with van der Waals surface area (Å²) in [6, 6.07) is 48.2. The molecule has 0 atom stereocenters. The molecule has 4 nitrogen and oxygen atoms in total. The molecule has 0 aliphatic carbocycles. The van der Waals surface area contributed by atoms with Crippen LogP contribution in [-0.2, 0) is 5.41 Å². The van der Waals surface area contributed by atoms with Gasteiger partial charge in [0.25, 0.3) is 0 Å². The first-order valence-corrected chi connectivity index (χ1v) is 16.9. The van der Waals surface area contributed by atoms with Gasteiger partial charge >= 0.3 is 0 Å². The number of phenols is 1. The SMILES string of the molecule is CC(C)c1ccc(-c2cccc(-c3cccc4c3nc(-c3ccccc3N=Cc3cc(C(C)(C)C)ccc3O)n4-c3ccccc3)c2)cc1. The molecule has 49 heavy (non-hydrogen) atoms. The van der Waals surface area contributed by atoms with Crippen LogP contribution < -0.4 is 0 Å². The van der Waals surface area contributed by atoms with E-state index in [1.54, 1.807) is 12.3 Å². The molecular weight excluding hydrogens is 599 g/mol. The Balaban J connectivity index is 1.37. The highest BCUT2D eigenvalue weighted by Gasteiger charge is 2.20. The standard InChI is InChI=1S/C45H41N3O/c1-30(2)31-21-23-32(24-22-31)33-13-11-14-34(27-33)38-18-12-20-41-43(38)47-44(48(41)37-15-7-6-8-16-37)39-17-9-10-19-40(39)46-29-35-28-36(45(3,4)5)25-26-42(35)49/h6-30,49H,1-5H3. The molecule has 0 fully saturated rings. The molecule has 0 saturated carbocycles. The Hall–Kier alpha value is -5.74. The number of imidazole rings is 1. The van der Waals surface area contributed by atoms with Gasteiger partial charge < -0.3 is 5.11 Å². The first-order valence-electron chi connectivity index (χ1n) is 16.9. The maximum Gasteiger partial charge on any atom is 0.147 e. The summed E-state index contributed by atoms with van der Waals surface area (Å²) < 4.78 is 2.22. The van der Waals surface area contributed by atoms with Crippen molar-refractivity contribution in [3.05, 3.63) is 156 Å². The Morgan fingerprint density at radius 3 is 2.12 bits per heavy atom. The molecule has 0 bridgehead atoms. The van der Waals surface area contributed by atoms with Crippen molar-refractivity contribution in [1.29, 1.82) is 0 Å². The summed E-state index contributed by atoms with van der Waals surface area (Å²) >= 11 is 0. The number of rotatable bonds is 7. The highest BCUT2D eigenvalue weighted by molar-refractivity contribution is 5.97. The van der Waals surface area contributed by atoms with E-state index >= 15 is 0 Å². The maximum atomic E-state index is 10.7. The lowest BCUT2D eigenvalue weighted by atomic mass is 9.86. The van der Waals surface area contributed by atoms with Crippen molar-refractivity contribution in [3.63, 3.8) is 0 Å². The Kier molecular flexibility index (Phi) is 8.48. The van der Waals surface area contributed by atoms with E-state index in [1.807, 2.05) is 36.4 Å². The lowest BCUT2D eigenvalue weighted by Crippen LogP contribution is -2.11. The maximum absolute atomic E-state index is 10.7. The van der Waals surface area contributed by atoms with Gasteiger partial charge in [-0.2, -0.15) is 0 Å². The van der Waals surface area contributed by atoms with E-state index in [1.165, 1.54) is 16.7 Å². The van der Waals surface area contributed by atoms with Crippen molar-refractivity contribution in [2.45, 2.75) is 46.0 Å². The molecule has 0 amide bonds. The van der Waals surface area contributed by atoms with Crippen LogP contribution in [0.15, 0.2) is 145 Å². The topological polar surface area (TPSA) is 50.4 Å². The van der Waals surface area contributed by atoms with Crippen molar-refractivity contribution in [1.82, 2.24) is 9.55 Å². The minimum atomic E-state index is -0.0512. The van der Waals surface area contributed by atoms with Crippen LogP contribution in [0.2, 0.25) is 0 Å². The highest BCUT2D eigenvalue weighted by Crippen LogP contribution is 2.39. The third-order valence-electron chi connectivity index (χ3n) is 9.17. The average Bonchev–Trinajstić information content (AvgIpc) is 3.51. The van der Waals surface area contributed by atoms with Crippen LogP contribution in [0.25, 0.3) is 50.4 Å². The number of nitrogens with zero attached hydrogens (tertiary/aromatic N) is 3. The van der Waals surface area contributed by atoms with Crippen molar-refractivity contribution >= 4 is 22.9 Å². The van der Waals surface area contributed by atoms with Crippen molar-refractivity contribution < 1.29 is 5.11 Å². The molecular formula is C45H41N3O. The Bertz CT molecular complexity index is 2290. The van der Waals surface area contributed by atoms with Crippen LogP contribution in [0.5, 0.6) is 5.75 Å². The van der Waals surface area contributed by atoms with Gasteiger partial charge in [0.15, 0.2) is 0 Å². The second-order valence-electron chi connectivity index (χ2n) is 13.9. The van der Waals surface area contributed by atoms with Gasteiger partial charge in [-0.05, 0) is 87.7 Å². The highest BCUT2D eigenvalue weighted by atomic mass is 16.3. The molecule has 6 aromatic carbocycles. The van der Waals surface area contributed by atoms with Crippen LogP contribution in [0.4, 0.5) is 5.69 Å². The molecule has 7 aromatic rings. The van der Waals surface area contributed by atoms with Crippen LogP contribution in [0.3, 0.4) is 0 Å². The summed E-state index contributed by atoms with van der Waals surface area (Å²) in [4.78, 5) is 10.3. The van der Waals surface area contributed by atoms with Gasteiger partial charge in [-0.1, -0.05) is 126 Å². The number of aromatic nitrogens is 2. The van der Waals surface area contributed by atoms with E-state index in [-0.39, 0.29) is 11.2 Å². The molecule has 0 aliphatic rings. The largest absolute Gasteiger partial charge is 0.507 e. The number of fused-ring (bicyclic) bond motifs is 1. The quantitative estimate of drug-likeness (QED) is 0.176. The minimum Gasteiger partial charge on any atom is -0.507 e. The molecule has 0 spiro atoms. The zero-order chi connectivity index (χ0) is 34.1. The summed E-state index contributed by atoms with van der Waals surface area (Å²) in [6.45, 7) is 10.9. The normalized spacial score (nSPS) is 12.0. The number of benzene rings is 6.